The predicted molar refractivity (Wildman–Crippen MR) is 100 cm³/mol. The Morgan fingerprint density at radius 1 is 1.19 bits per heavy atom. The number of hydrogen-bond donors (Lipinski definition) is 1. The van der Waals surface area contributed by atoms with Gasteiger partial charge in [-0.2, -0.15) is 10.2 Å². The third kappa shape index (κ3) is 3.24. The maximum absolute atomic E-state index is 12.8. The third-order valence-electron chi connectivity index (χ3n) is 4.50. The quantitative estimate of drug-likeness (QED) is 0.762. The maximum Gasteiger partial charge on any atom is 0.295 e. The number of nitrogens with one attached hydrogen (secondary N) is 1. The Hall–Kier alpha value is -2.96. The maximum atomic E-state index is 12.8. The van der Waals surface area contributed by atoms with E-state index in [1.807, 2.05) is 58.0 Å². The molecule has 3 aromatic rings. The number of rotatable bonds is 5. The van der Waals surface area contributed by atoms with Gasteiger partial charge in [0.15, 0.2) is 5.52 Å². The number of nitrogens with zero attached hydrogens (tertiary/aromatic N) is 4. The van der Waals surface area contributed by atoms with E-state index in [0.717, 1.165) is 23.2 Å². The number of carbonyl (C=O) groups is 1. The predicted octanol–water partition coefficient (Wildman–Crippen LogP) is 2.11. The number of hydrogen-bond acceptors (Lipinski definition) is 4. The van der Waals surface area contributed by atoms with Gasteiger partial charge in [-0.3, -0.25) is 9.59 Å². The van der Waals surface area contributed by atoms with Gasteiger partial charge in [-0.15, -0.1) is 0 Å². The van der Waals surface area contributed by atoms with Crippen LogP contribution in [0.2, 0.25) is 0 Å². The van der Waals surface area contributed by atoms with Crippen molar-refractivity contribution in [3.05, 3.63) is 52.1 Å². The fraction of sp³-hybridized carbons (Fsp3) is 0.368. The van der Waals surface area contributed by atoms with Crippen molar-refractivity contribution in [2.75, 3.05) is 0 Å². The third-order valence-corrected chi connectivity index (χ3v) is 4.50. The van der Waals surface area contributed by atoms with E-state index < -0.39 is 0 Å². The molecule has 1 aromatic carbocycles. The summed E-state index contributed by atoms with van der Waals surface area (Å²) in [5.74, 6) is -0.230. The van der Waals surface area contributed by atoms with Crippen LogP contribution >= 0.6 is 0 Å². The second kappa shape index (κ2) is 7.11. The molecule has 0 saturated heterocycles. The molecule has 0 radical (unpaired) electrons. The smallest absolute Gasteiger partial charge is 0.295 e. The Morgan fingerprint density at radius 2 is 1.88 bits per heavy atom. The number of benzene rings is 1. The van der Waals surface area contributed by atoms with E-state index in [1.165, 1.54) is 4.68 Å². The van der Waals surface area contributed by atoms with Gasteiger partial charge in [0.1, 0.15) is 6.54 Å². The summed E-state index contributed by atoms with van der Waals surface area (Å²) >= 11 is 0. The van der Waals surface area contributed by atoms with Crippen LogP contribution in [0.3, 0.4) is 0 Å². The highest BCUT2D eigenvalue weighted by molar-refractivity contribution is 5.83. The summed E-state index contributed by atoms with van der Waals surface area (Å²) in [6.45, 7) is 7.54. The molecule has 26 heavy (non-hydrogen) atoms. The SMILES string of the molecule is CCC(C)NC(=O)Cn1nc(C)c2c(C)n(-c3ccccc3)nc2c1=O. The molecule has 7 nitrogen and oxygen atoms in total. The van der Waals surface area contributed by atoms with Gasteiger partial charge >= 0.3 is 0 Å². The molecule has 0 aliphatic carbocycles. The number of aryl methyl sites for hydroxylation is 2. The summed E-state index contributed by atoms with van der Waals surface area (Å²) < 4.78 is 2.93. The van der Waals surface area contributed by atoms with Crippen LogP contribution in [0, 0.1) is 13.8 Å². The normalized spacial score (nSPS) is 12.3. The first kappa shape index (κ1) is 17.8. The van der Waals surface area contributed by atoms with Gasteiger partial charge in [0, 0.05) is 6.04 Å². The van der Waals surface area contributed by atoms with Crippen molar-refractivity contribution >= 4 is 16.8 Å². The highest BCUT2D eigenvalue weighted by atomic mass is 16.2. The Morgan fingerprint density at radius 3 is 2.54 bits per heavy atom. The number of fused-ring (bicyclic) bond motifs is 1. The minimum Gasteiger partial charge on any atom is -0.352 e. The van der Waals surface area contributed by atoms with E-state index in [4.69, 9.17) is 0 Å². The summed E-state index contributed by atoms with van der Waals surface area (Å²) in [5.41, 5.74) is 2.37. The summed E-state index contributed by atoms with van der Waals surface area (Å²) in [4.78, 5) is 25.0. The molecule has 3 rings (SSSR count). The molecule has 0 saturated carbocycles. The topological polar surface area (TPSA) is 81.8 Å². The van der Waals surface area contributed by atoms with E-state index >= 15 is 0 Å². The first-order valence-electron chi connectivity index (χ1n) is 8.74. The lowest BCUT2D eigenvalue weighted by Crippen LogP contribution is -2.38. The molecule has 0 bridgehead atoms. The van der Waals surface area contributed by atoms with Gasteiger partial charge in [-0.25, -0.2) is 9.36 Å². The summed E-state index contributed by atoms with van der Waals surface area (Å²) in [6.07, 6.45) is 0.826. The van der Waals surface area contributed by atoms with Crippen LogP contribution in [0.4, 0.5) is 0 Å². The molecule has 1 N–H and O–H groups in total. The van der Waals surface area contributed by atoms with Gasteiger partial charge in [0.05, 0.1) is 22.5 Å². The number of amides is 1. The monoisotopic (exact) mass is 353 g/mol. The zero-order valence-corrected chi connectivity index (χ0v) is 15.5. The lowest BCUT2D eigenvalue weighted by Gasteiger charge is -2.12. The number of carbonyl (C=O) groups excluding carboxylic acids is 1. The highest BCUT2D eigenvalue weighted by Gasteiger charge is 2.18. The summed E-state index contributed by atoms with van der Waals surface area (Å²) in [6, 6.07) is 9.69. The molecular weight excluding hydrogens is 330 g/mol. The van der Waals surface area contributed by atoms with Gasteiger partial charge in [-0.05, 0) is 39.3 Å². The summed E-state index contributed by atoms with van der Waals surface area (Å²) in [7, 11) is 0. The zero-order valence-electron chi connectivity index (χ0n) is 15.5. The molecule has 7 heteroatoms. The van der Waals surface area contributed by atoms with Crippen LogP contribution in [0.1, 0.15) is 31.7 Å². The van der Waals surface area contributed by atoms with E-state index in [0.29, 0.717) is 11.2 Å². The Bertz CT molecular complexity index is 1000. The molecule has 0 aliphatic heterocycles. The molecular formula is C19H23N5O2. The van der Waals surface area contributed by atoms with Crippen molar-refractivity contribution in [3.8, 4) is 5.69 Å². The fourth-order valence-electron chi connectivity index (χ4n) is 2.97. The number of aromatic nitrogens is 4. The molecule has 0 spiro atoms. The molecule has 1 atom stereocenters. The molecule has 136 valence electrons. The first-order valence-corrected chi connectivity index (χ1v) is 8.74. The minimum absolute atomic E-state index is 0.0579. The lowest BCUT2D eigenvalue weighted by atomic mass is 10.2. The number of para-hydroxylation sites is 1. The van der Waals surface area contributed by atoms with Crippen LogP contribution in [0.15, 0.2) is 35.1 Å². The van der Waals surface area contributed by atoms with Crippen molar-refractivity contribution in [1.29, 1.82) is 0 Å². The average Bonchev–Trinajstić information content (AvgIpc) is 2.98. The largest absolute Gasteiger partial charge is 0.352 e. The van der Waals surface area contributed by atoms with Crippen molar-refractivity contribution in [1.82, 2.24) is 24.9 Å². The van der Waals surface area contributed by atoms with E-state index in [1.54, 1.807) is 4.68 Å². The molecule has 1 amide bonds. The van der Waals surface area contributed by atoms with E-state index in [9.17, 15) is 9.59 Å². The molecule has 0 fully saturated rings. The molecule has 2 heterocycles. The van der Waals surface area contributed by atoms with Crippen LogP contribution < -0.4 is 10.9 Å². The van der Waals surface area contributed by atoms with Crippen molar-refractivity contribution in [2.24, 2.45) is 0 Å². The van der Waals surface area contributed by atoms with Crippen LogP contribution in [0.25, 0.3) is 16.6 Å². The standard InChI is InChI=1S/C19H23N5O2/c1-5-12(2)20-16(25)11-23-19(26)18-17(13(3)21-23)14(4)24(22-18)15-9-7-6-8-10-15/h6-10,12H,5,11H2,1-4H3,(H,20,25). The highest BCUT2D eigenvalue weighted by Crippen LogP contribution is 2.20. The first-order chi connectivity index (χ1) is 12.4. The van der Waals surface area contributed by atoms with E-state index in [2.05, 4.69) is 15.5 Å². The van der Waals surface area contributed by atoms with Gasteiger partial charge in [-0.1, -0.05) is 25.1 Å². The van der Waals surface area contributed by atoms with Crippen molar-refractivity contribution in [2.45, 2.75) is 46.7 Å². The Labute approximate surface area is 151 Å². The van der Waals surface area contributed by atoms with Crippen molar-refractivity contribution < 1.29 is 4.79 Å². The van der Waals surface area contributed by atoms with Crippen LogP contribution in [0.5, 0.6) is 0 Å². The van der Waals surface area contributed by atoms with Crippen LogP contribution in [-0.2, 0) is 11.3 Å². The second-order valence-electron chi connectivity index (χ2n) is 6.48. The van der Waals surface area contributed by atoms with Crippen LogP contribution in [-0.4, -0.2) is 31.5 Å². The molecule has 0 aliphatic rings. The Kier molecular flexibility index (Phi) is 4.88. The fourth-order valence-corrected chi connectivity index (χ4v) is 2.97. The zero-order chi connectivity index (χ0) is 18.8. The second-order valence-corrected chi connectivity index (χ2v) is 6.48. The lowest BCUT2D eigenvalue weighted by molar-refractivity contribution is -0.122. The van der Waals surface area contributed by atoms with Crippen molar-refractivity contribution in [3.63, 3.8) is 0 Å². The molecule has 2 aromatic heterocycles. The van der Waals surface area contributed by atoms with E-state index in [-0.39, 0.29) is 24.1 Å². The molecule has 1 unspecified atom stereocenters. The van der Waals surface area contributed by atoms with Gasteiger partial charge < -0.3 is 5.32 Å². The average molecular weight is 353 g/mol. The Balaban J connectivity index is 2.06. The van der Waals surface area contributed by atoms with Gasteiger partial charge in [0.2, 0.25) is 5.91 Å². The van der Waals surface area contributed by atoms with Gasteiger partial charge in [0.25, 0.3) is 5.56 Å². The minimum atomic E-state index is -0.359. The summed E-state index contributed by atoms with van der Waals surface area (Å²) in [5, 5.41) is 12.4.